The molecule has 0 saturated carbocycles. The van der Waals surface area contributed by atoms with Crippen LogP contribution in [0.4, 0.5) is 0 Å². The quantitative estimate of drug-likeness (QED) is 0.824. The first kappa shape index (κ1) is 15.0. The largest absolute Gasteiger partial charge is 0.497 e. The van der Waals surface area contributed by atoms with Gasteiger partial charge in [0, 0.05) is 0 Å². The Morgan fingerprint density at radius 2 is 2.19 bits per heavy atom. The molecule has 0 radical (unpaired) electrons. The zero-order valence-electron chi connectivity index (χ0n) is 11.1. The fourth-order valence-corrected chi connectivity index (χ4v) is 2.88. The van der Waals surface area contributed by atoms with Crippen molar-refractivity contribution in [1.82, 2.24) is 15.0 Å². The van der Waals surface area contributed by atoms with Gasteiger partial charge < -0.3 is 9.84 Å². The smallest absolute Gasteiger partial charge is 0.358 e. The Labute approximate surface area is 120 Å². The third-order valence-electron chi connectivity index (χ3n) is 2.75. The molecule has 0 fully saturated rings. The maximum absolute atomic E-state index is 12.2. The van der Waals surface area contributed by atoms with Crippen LogP contribution in [0.2, 0.25) is 0 Å². The van der Waals surface area contributed by atoms with Gasteiger partial charge in [-0.05, 0) is 18.2 Å². The van der Waals surface area contributed by atoms with Crippen LogP contribution in [-0.4, -0.2) is 47.4 Å². The highest BCUT2D eigenvalue weighted by atomic mass is 32.2. The van der Waals surface area contributed by atoms with E-state index in [1.165, 1.54) is 30.1 Å². The zero-order valence-corrected chi connectivity index (χ0v) is 11.9. The molecule has 0 aliphatic carbocycles. The number of aryl methyl sites for hydroxylation is 1. The van der Waals surface area contributed by atoms with Crippen molar-refractivity contribution in [2.45, 2.75) is 11.4 Å². The Bertz CT molecular complexity index is 754. The molecular formula is C12H13N3O5S. The number of ether oxygens (including phenoxy) is 1. The standard InChI is InChI=1S/C12H13N3O5S/c1-20-9-3-2-4-10(7-9)21(18,19)6-5-15-8-11(12(16)17)13-14-15/h2-4,7-8H,5-6H2,1H3,(H,16,17). The third kappa shape index (κ3) is 3.57. The molecule has 2 rings (SSSR count). The molecule has 1 heterocycles. The fraction of sp³-hybridized carbons (Fsp3) is 0.250. The van der Waals surface area contributed by atoms with Gasteiger partial charge in [0.25, 0.3) is 0 Å². The van der Waals surface area contributed by atoms with Crippen molar-refractivity contribution in [3.63, 3.8) is 0 Å². The minimum Gasteiger partial charge on any atom is -0.497 e. The number of sulfone groups is 1. The van der Waals surface area contributed by atoms with E-state index in [-0.39, 0.29) is 22.9 Å². The minimum atomic E-state index is -3.52. The Kier molecular flexibility index (Phi) is 4.22. The van der Waals surface area contributed by atoms with Gasteiger partial charge in [-0.3, -0.25) is 4.68 Å². The van der Waals surface area contributed by atoms with Crippen LogP contribution in [0.5, 0.6) is 5.75 Å². The Morgan fingerprint density at radius 3 is 2.81 bits per heavy atom. The van der Waals surface area contributed by atoms with Crippen LogP contribution in [0.25, 0.3) is 0 Å². The lowest BCUT2D eigenvalue weighted by Crippen LogP contribution is -2.13. The molecule has 112 valence electrons. The van der Waals surface area contributed by atoms with E-state index in [0.29, 0.717) is 5.75 Å². The Hall–Kier alpha value is -2.42. The van der Waals surface area contributed by atoms with Crippen molar-refractivity contribution in [2.75, 3.05) is 12.9 Å². The van der Waals surface area contributed by atoms with Crippen LogP contribution < -0.4 is 4.74 Å². The molecule has 0 aliphatic heterocycles. The molecule has 2 aromatic rings. The van der Waals surface area contributed by atoms with Crippen molar-refractivity contribution >= 4 is 15.8 Å². The summed E-state index contributed by atoms with van der Waals surface area (Å²) in [4.78, 5) is 10.8. The van der Waals surface area contributed by atoms with Gasteiger partial charge in [-0.1, -0.05) is 11.3 Å². The summed E-state index contributed by atoms with van der Waals surface area (Å²) in [5.74, 6) is -0.982. The Morgan fingerprint density at radius 1 is 1.43 bits per heavy atom. The molecule has 0 saturated heterocycles. The summed E-state index contributed by atoms with van der Waals surface area (Å²) in [6.07, 6.45) is 1.18. The van der Waals surface area contributed by atoms with E-state index < -0.39 is 15.8 Å². The average molecular weight is 311 g/mol. The van der Waals surface area contributed by atoms with E-state index in [4.69, 9.17) is 9.84 Å². The number of hydrogen-bond donors (Lipinski definition) is 1. The second kappa shape index (κ2) is 5.92. The lowest BCUT2D eigenvalue weighted by atomic mass is 10.3. The summed E-state index contributed by atoms with van der Waals surface area (Å²) in [5.41, 5.74) is -0.228. The maximum atomic E-state index is 12.2. The van der Waals surface area contributed by atoms with Crippen LogP contribution >= 0.6 is 0 Å². The van der Waals surface area contributed by atoms with Crippen LogP contribution in [-0.2, 0) is 16.4 Å². The predicted octanol–water partition coefficient (Wildman–Crippen LogP) is 0.459. The first-order chi connectivity index (χ1) is 9.92. The minimum absolute atomic E-state index is 0.0137. The predicted molar refractivity (Wildman–Crippen MR) is 72.0 cm³/mol. The Balaban J connectivity index is 2.11. The molecule has 1 aromatic heterocycles. The number of nitrogens with zero attached hydrogens (tertiary/aromatic N) is 3. The number of carbonyl (C=O) groups is 1. The zero-order chi connectivity index (χ0) is 15.5. The van der Waals surface area contributed by atoms with E-state index in [1.807, 2.05) is 0 Å². The van der Waals surface area contributed by atoms with Crippen molar-refractivity contribution in [3.05, 3.63) is 36.2 Å². The average Bonchev–Trinajstić information content (AvgIpc) is 2.94. The van der Waals surface area contributed by atoms with Crippen molar-refractivity contribution < 1.29 is 23.1 Å². The normalized spacial score (nSPS) is 11.3. The highest BCUT2D eigenvalue weighted by molar-refractivity contribution is 7.91. The van der Waals surface area contributed by atoms with Crippen LogP contribution in [0.15, 0.2) is 35.4 Å². The fourth-order valence-electron chi connectivity index (χ4n) is 1.63. The summed E-state index contributed by atoms with van der Waals surface area (Å²) < 4.78 is 30.5. The third-order valence-corrected chi connectivity index (χ3v) is 4.44. The first-order valence-electron chi connectivity index (χ1n) is 5.92. The van der Waals surface area contributed by atoms with Crippen LogP contribution in [0, 0.1) is 0 Å². The number of methoxy groups -OCH3 is 1. The van der Waals surface area contributed by atoms with Gasteiger partial charge >= 0.3 is 5.97 Å². The maximum Gasteiger partial charge on any atom is 0.358 e. The van der Waals surface area contributed by atoms with E-state index in [0.717, 1.165) is 0 Å². The molecule has 0 aliphatic rings. The summed E-state index contributed by atoms with van der Waals surface area (Å²) in [7, 11) is -2.07. The van der Waals surface area contributed by atoms with E-state index in [1.54, 1.807) is 12.1 Å². The van der Waals surface area contributed by atoms with Gasteiger partial charge in [-0.2, -0.15) is 0 Å². The number of carboxylic acid groups (broad SMARTS) is 1. The summed E-state index contributed by atoms with van der Waals surface area (Å²) in [5, 5.41) is 15.7. The topological polar surface area (TPSA) is 111 Å². The molecule has 0 spiro atoms. The molecular weight excluding hydrogens is 298 g/mol. The number of hydrogen-bond acceptors (Lipinski definition) is 6. The van der Waals surface area contributed by atoms with Gasteiger partial charge in [-0.25, -0.2) is 13.2 Å². The van der Waals surface area contributed by atoms with Gasteiger partial charge in [0.05, 0.1) is 30.5 Å². The molecule has 0 atom stereocenters. The van der Waals surface area contributed by atoms with Crippen molar-refractivity contribution in [1.29, 1.82) is 0 Å². The SMILES string of the molecule is COc1cccc(S(=O)(=O)CCn2cc(C(=O)O)nn2)c1. The lowest BCUT2D eigenvalue weighted by molar-refractivity contribution is 0.0690. The molecule has 9 heteroatoms. The molecule has 21 heavy (non-hydrogen) atoms. The van der Waals surface area contributed by atoms with E-state index in [2.05, 4.69) is 10.3 Å². The van der Waals surface area contributed by atoms with E-state index in [9.17, 15) is 13.2 Å². The van der Waals surface area contributed by atoms with Gasteiger partial charge in [0.15, 0.2) is 15.5 Å². The van der Waals surface area contributed by atoms with Crippen molar-refractivity contribution in [3.8, 4) is 5.75 Å². The summed E-state index contributed by atoms with van der Waals surface area (Å²) in [6, 6.07) is 6.14. The van der Waals surface area contributed by atoms with Crippen LogP contribution in [0.3, 0.4) is 0 Å². The molecule has 8 nitrogen and oxygen atoms in total. The number of benzene rings is 1. The number of aromatic carboxylic acids is 1. The molecule has 0 bridgehead atoms. The van der Waals surface area contributed by atoms with Crippen LogP contribution in [0.1, 0.15) is 10.5 Å². The molecule has 1 N–H and O–H groups in total. The van der Waals surface area contributed by atoms with E-state index >= 15 is 0 Å². The van der Waals surface area contributed by atoms with Gasteiger partial charge in [-0.15, -0.1) is 5.10 Å². The van der Waals surface area contributed by atoms with Crippen molar-refractivity contribution in [2.24, 2.45) is 0 Å². The second-order valence-corrected chi connectivity index (χ2v) is 6.28. The summed E-state index contributed by atoms with van der Waals surface area (Å²) >= 11 is 0. The molecule has 0 amide bonds. The lowest BCUT2D eigenvalue weighted by Gasteiger charge is -2.06. The number of aromatic nitrogens is 3. The van der Waals surface area contributed by atoms with Gasteiger partial charge in [0.2, 0.25) is 0 Å². The molecule has 0 unspecified atom stereocenters. The first-order valence-corrected chi connectivity index (χ1v) is 7.58. The molecule has 1 aromatic carbocycles. The van der Waals surface area contributed by atoms with Gasteiger partial charge in [0.1, 0.15) is 5.75 Å². The monoisotopic (exact) mass is 311 g/mol. The second-order valence-electron chi connectivity index (χ2n) is 4.17. The summed E-state index contributed by atoms with van der Waals surface area (Å²) in [6.45, 7) is 0.0137. The number of rotatable bonds is 6. The highest BCUT2D eigenvalue weighted by Crippen LogP contribution is 2.18. The number of carboxylic acids is 1. The highest BCUT2D eigenvalue weighted by Gasteiger charge is 2.16.